The van der Waals surface area contributed by atoms with Crippen LogP contribution >= 0.6 is 0 Å². The van der Waals surface area contributed by atoms with Crippen molar-refractivity contribution in [3.05, 3.63) is 16.4 Å². The lowest BCUT2D eigenvalue weighted by Crippen LogP contribution is -2.47. The number of hydrogen-bond acceptors (Lipinski definition) is 6. The zero-order valence-electron chi connectivity index (χ0n) is 11.4. The molecule has 7 nitrogen and oxygen atoms in total. The minimum absolute atomic E-state index is 0.0436. The minimum Gasteiger partial charge on any atom is -0.378 e. The summed E-state index contributed by atoms with van der Waals surface area (Å²) in [7, 11) is 0. The molecular weight excluding hydrogens is 258 g/mol. The third kappa shape index (κ3) is 2.17. The summed E-state index contributed by atoms with van der Waals surface area (Å²) in [5.74, 6) is 0.991. The van der Waals surface area contributed by atoms with Crippen molar-refractivity contribution in [1.82, 2.24) is 9.97 Å². The maximum Gasteiger partial charge on any atom is 0.353 e. The molecular formula is C13H19N5O2. The molecule has 0 bridgehead atoms. The monoisotopic (exact) mass is 277 g/mol. The van der Waals surface area contributed by atoms with Crippen molar-refractivity contribution in [2.24, 2.45) is 5.92 Å². The molecule has 1 aromatic rings. The molecule has 2 unspecified atom stereocenters. The van der Waals surface area contributed by atoms with Gasteiger partial charge in [0.2, 0.25) is 11.6 Å². The predicted octanol–water partition coefficient (Wildman–Crippen LogP) is 2.13. The lowest BCUT2D eigenvalue weighted by molar-refractivity contribution is -0.383. The van der Waals surface area contributed by atoms with Gasteiger partial charge in [0.05, 0.1) is 4.92 Å². The molecule has 20 heavy (non-hydrogen) atoms. The van der Waals surface area contributed by atoms with E-state index in [0.717, 1.165) is 19.4 Å². The highest BCUT2D eigenvalue weighted by atomic mass is 16.6. The van der Waals surface area contributed by atoms with Crippen LogP contribution in [-0.2, 0) is 0 Å². The third-order valence-corrected chi connectivity index (χ3v) is 4.53. The first-order valence-corrected chi connectivity index (χ1v) is 7.20. The van der Waals surface area contributed by atoms with E-state index in [4.69, 9.17) is 5.73 Å². The second-order valence-electron chi connectivity index (χ2n) is 5.64. The summed E-state index contributed by atoms with van der Waals surface area (Å²) in [6.45, 7) is 0.818. The molecule has 1 aliphatic heterocycles. The molecule has 0 aromatic carbocycles. The average molecular weight is 277 g/mol. The molecule has 2 fully saturated rings. The van der Waals surface area contributed by atoms with Crippen molar-refractivity contribution >= 4 is 17.3 Å². The Kier molecular flexibility index (Phi) is 3.42. The Bertz CT molecular complexity index is 519. The van der Waals surface area contributed by atoms with Gasteiger partial charge in [-0.2, -0.15) is 0 Å². The summed E-state index contributed by atoms with van der Waals surface area (Å²) >= 11 is 0. The van der Waals surface area contributed by atoms with Gasteiger partial charge in [-0.15, -0.1) is 0 Å². The van der Waals surface area contributed by atoms with E-state index in [9.17, 15) is 10.1 Å². The van der Waals surface area contributed by atoms with Gasteiger partial charge in [-0.25, -0.2) is 9.97 Å². The molecule has 2 heterocycles. The molecule has 2 atom stereocenters. The van der Waals surface area contributed by atoms with E-state index in [-0.39, 0.29) is 11.5 Å². The Balaban J connectivity index is 1.99. The van der Waals surface area contributed by atoms with E-state index >= 15 is 0 Å². The van der Waals surface area contributed by atoms with Gasteiger partial charge in [0, 0.05) is 12.6 Å². The highest BCUT2D eigenvalue weighted by molar-refractivity contribution is 5.68. The van der Waals surface area contributed by atoms with Gasteiger partial charge in [-0.1, -0.05) is 12.8 Å². The number of hydrogen-bond donors (Lipinski definition) is 1. The number of rotatable bonds is 2. The first-order valence-electron chi connectivity index (χ1n) is 7.20. The quantitative estimate of drug-likeness (QED) is 0.656. The van der Waals surface area contributed by atoms with E-state index in [0.29, 0.717) is 17.8 Å². The van der Waals surface area contributed by atoms with Gasteiger partial charge in [0.25, 0.3) is 0 Å². The van der Waals surface area contributed by atoms with Crippen molar-refractivity contribution < 1.29 is 4.92 Å². The van der Waals surface area contributed by atoms with Gasteiger partial charge >= 0.3 is 5.69 Å². The molecule has 108 valence electrons. The Morgan fingerprint density at radius 3 is 2.80 bits per heavy atom. The molecule has 3 rings (SSSR count). The van der Waals surface area contributed by atoms with Gasteiger partial charge in [0.15, 0.2) is 0 Å². The van der Waals surface area contributed by atoms with Crippen LogP contribution < -0.4 is 10.6 Å². The summed E-state index contributed by atoms with van der Waals surface area (Å²) in [6, 6.07) is 0.366. The fourth-order valence-electron chi connectivity index (χ4n) is 3.66. The predicted molar refractivity (Wildman–Crippen MR) is 75.4 cm³/mol. The van der Waals surface area contributed by atoms with Crippen LogP contribution in [0, 0.1) is 16.0 Å². The van der Waals surface area contributed by atoms with E-state index in [1.165, 1.54) is 32.0 Å². The molecule has 1 aromatic heterocycles. The van der Waals surface area contributed by atoms with Crippen molar-refractivity contribution in [1.29, 1.82) is 0 Å². The molecule has 1 saturated carbocycles. The zero-order chi connectivity index (χ0) is 14.1. The normalized spacial score (nSPS) is 26.1. The minimum atomic E-state index is -0.461. The van der Waals surface area contributed by atoms with Crippen LogP contribution in [0.3, 0.4) is 0 Å². The largest absolute Gasteiger partial charge is 0.378 e. The number of nitrogens with zero attached hydrogens (tertiary/aromatic N) is 4. The molecule has 0 amide bonds. The lowest BCUT2D eigenvalue weighted by Gasteiger charge is -2.44. The van der Waals surface area contributed by atoms with Gasteiger partial charge in [-0.05, 0) is 31.6 Å². The topological polar surface area (TPSA) is 98.2 Å². The van der Waals surface area contributed by atoms with Crippen LogP contribution in [0.2, 0.25) is 0 Å². The van der Waals surface area contributed by atoms with Crippen molar-refractivity contribution in [2.45, 2.75) is 44.6 Å². The third-order valence-electron chi connectivity index (χ3n) is 4.53. The standard InChI is InChI=1S/C13H19N5O2/c14-12-11(18(19)20)13(16-8-15-12)17-7-3-5-9-4-1-2-6-10(9)17/h8-10H,1-7H2,(H2,14,15,16). The summed E-state index contributed by atoms with van der Waals surface area (Å²) < 4.78 is 0. The van der Waals surface area contributed by atoms with Crippen LogP contribution in [0.5, 0.6) is 0 Å². The maximum absolute atomic E-state index is 11.3. The first-order chi connectivity index (χ1) is 9.68. The van der Waals surface area contributed by atoms with E-state index in [1.807, 2.05) is 0 Å². The first kappa shape index (κ1) is 13.1. The average Bonchev–Trinajstić information content (AvgIpc) is 2.46. The number of piperidine rings is 1. The summed E-state index contributed by atoms with van der Waals surface area (Å²) in [5.41, 5.74) is 5.54. The Morgan fingerprint density at radius 1 is 1.25 bits per heavy atom. The maximum atomic E-state index is 11.3. The van der Waals surface area contributed by atoms with Crippen LogP contribution in [0.1, 0.15) is 38.5 Å². The molecule has 0 spiro atoms. The van der Waals surface area contributed by atoms with Crippen LogP contribution in [-0.4, -0.2) is 27.5 Å². The number of anilines is 2. The van der Waals surface area contributed by atoms with Gasteiger partial charge in [0.1, 0.15) is 6.33 Å². The molecule has 1 saturated heterocycles. The lowest BCUT2D eigenvalue weighted by atomic mass is 9.78. The van der Waals surface area contributed by atoms with Crippen molar-refractivity contribution in [3.8, 4) is 0 Å². The van der Waals surface area contributed by atoms with Crippen LogP contribution in [0.4, 0.5) is 17.3 Å². The number of aromatic nitrogens is 2. The molecule has 2 N–H and O–H groups in total. The summed E-state index contributed by atoms with van der Waals surface area (Å²) in [4.78, 5) is 20.8. The number of nitro groups is 1. The molecule has 7 heteroatoms. The number of nitrogens with two attached hydrogens (primary N) is 1. The molecule has 2 aliphatic rings. The fourth-order valence-corrected chi connectivity index (χ4v) is 3.66. The van der Waals surface area contributed by atoms with Gasteiger partial charge in [-0.3, -0.25) is 10.1 Å². The summed E-state index contributed by atoms with van der Waals surface area (Å²) in [5, 5.41) is 11.3. The highest BCUT2D eigenvalue weighted by Crippen LogP contribution is 2.40. The molecule has 0 radical (unpaired) electrons. The Morgan fingerprint density at radius 2 is 2.00 bits per heavy atom. The Hall–Kier alpha value is -1.92. The smallest absolute Gasteiger partial charge is 0.353 e. The highest BCUT2D eigenvalue weighted by Gasteiger charge is 2.37. The second kappa shape index (κ2) is 5.22. The van der Waals surface area contributed by atoms with E-state index < -0.39 is 4.92 Å². The molecule has 1 aliphatic carbocycles. The summed E-state index contributed by atoms with van der Waals surface area (Å²) in [6.07, 6.45) is 8.36. The SMILES string of the molecule is Nc1ncnc(N2CCCC3CCCCC32)c1[N+](=O)[O-]. The van der Waals surface area contributed by atoms with E-state index in [2.05, 4.69) is 14.9 Å². The van der Waals surface area contributed by atoms with Crippen molar-refractivity contribution in [2.75, 3.05) is 17.2 Å². The Labute approximate surface area is 117 Å². The zero-order valence-corrected chi connectivity index (χ0v) is 11.4. The second-order valence-corrected chi connectivity index (χ2v) is 5.64. The number of fused-ring (bicyclic) bond motifs is 1. The van der Waals surface area contributed by atoms with Crippen LogP contribution in [0.15, 0.2) is 6.33 Å². The van der Waals surface area contributed by atoms with Crippen LogP contribution in [0.25, 0.3) is 0 Å². The fraction of sp³-hybridized carbons (Fsp3) is 0.692. The van der Waals surface area contributed by atoms with Gasteiger partial charge < -0.3 is 10.6 Å². The van der Waals surface area contributed by atoms with E-state index in [1.54, 1.807) is 0 Å². The number of nitrogen functional groups attached to an aromatic ring is 1. The van der Waals surface area contributed by atoms with Crippen molar-refractivity contribution in [3.63, 3.8) is 0 Å².